The van der Waals surface area contributed by atoms with Gasteiger partial charge in [0.15, 0.2) is 0 Å². The summed E-state index contributed by atoms with van der Waals surface area (Å²) in [5.41, 5.74) is 2.22. The van der Waals surface area contributed by atoms with Gasteiger partial charge in [-0.2, -0.15) is 0 Å². The monoisotopic (exact) mass is 286 g/mol. The van der Waals surface area contributed by atoms with Crippen LogP contribution in [0.5, 0.6) is 0 Å². The van der Waals surface area contributed by atoms with Crippen molar-refractivity contribution in [1.29, 1.82) is 0 Å². The summed E-state index contributed by atoms with van der Waals surface area (Å²) in [5, 5.41) is 0. The minimum Gasteiger partial charge on any atom is -0.468 e. The van der Waals surface area contributed by atoms with Gasteiger partial charge in [0.2, 0.25) is 0 Å². The molecule has 0 saturated heterocycles. The fourth-order valence-electron chi connectivity index (χ4n) is 2.22. The van der Waals surface area contributed by atoms with E-state index in [0.717, 1.165) is 18.4 Å². The van der Waals surface area contributed by atoms with Gasteiger partial charge in [0.05, 0.1) is 6.26 Å². The summed E-state index contributed by atoms with van der Waals surface area (Å²) < 4.78 is 10.9. The molecule has 21 heavy (non-hydrogen) atoms. The van der Waals surface area contributed by atoms with Crippen LogP contribution in [0.2, 0.25) is 0 Å². The highest BCUT2D eigenvalue weighted by Gasteiger charge is 2.24. The summed E-state index contributed by atoms with van der Waals surface area (Å²) in [4.78, 5) is 12.3. The molecule has 0 bridgehead atoms. The molecule has 0 saturated carbocycles. The first kappa shape index (κ1) is 15.4. The lowest BCUT2D eigenvalue weighted by Gasteiger charge is -2.19. The Kier molecular flexibility index (Phi) is 4.51. The average molecular weight is 286 g/mol. The fourth-order valence-corrected chi connectivity index (χ4v) is 2.22. The number of esters is 1. The Hall–Kier alpha value is -2.03. The standard InChI is InChI=1S/C18H22O3/c1-13-16(17(19)21-18(2,3)4)15(12-20-13)11-10-14-8-6-5-7-9-14/h5-9,12H,10-11H2,1-4H3. The van der Waals surface area contributed by atoms with E-state index in [1.54, 1.807) is 13.2 Å². The van der Waals surface area contributed by atoms with Crippen LogP contribution in [0.4, 0.5) is 0 Å². The third kappa shape index (κ3) is 4.22. The topological polar surface area (TPSA) is 39.4 Å². The maximum absolute atomic E-state index is 12.3. The van der Waals surface area contributed by atoms with Gasteiger partial charge < -0.3 is 9.15 Å². The average Bonchev–Trinajstić information content (AvgIpc) is 2.77. The maximum Gasteiger partial charge on any atom is 0.342 e. The van der Waals surface area contributed by atoms with Crippen molar-refractivity contribution >= 4 is 5.97 Å². The fraction of sp³-hybridized carbons (Fsp3) is 0.389. The number of rotatable bonds is 4. The molecule has 2 rings (SSSR count). The minimum atomic E-state index is -0.502. The molecule has 3 nitrogen and oxygen atoms in total. The smallest absolute Gasteiger partial charge is 0.342 e. The van der Waals surface area contributed by atoms with E-state index in [0.29, 0.717) is 11.3 Å². The molecule has 0 radical (unpaired) electrons. The SMILES string of the molecule is Cc1occ(CCc2ccccc2)c1C(=O)OC(C)(C)C. The van der Waals surface area contributed by atoms with Gasteiger partial charge in [-0.3, -0.25) is 0 Å². The van der Waals surface area contributed by atoms with Gasteiger partial charge in [0, 0.05) is 5.56 Å². The molecule has 112 valence electrons. The van der Waals surface area contributed by atoms with Crippen LogP contribution >= 0.6 is 0 Å². The van der Waals surface area contributed by atoms with Crippen LogP contribution < -0.4 is 0 Å². The summed E-state index contributed by atoms with van der Waals surface area (Å²) in [6.45, 7) is 7.39. The van der Waals surface area contributed by atoms with Crippen molar-refractivity contribution in [3.05, 3.63) is 59.0 Å². The largest absolute Gasteiger partial charge is 0.468 e. The van der Waals surface area contributed by atoms with Crippen LogP contribution in [0.25, 0.3) is 0 Å². The van der Waals surface area contributed by atoms with Crippen LogP contribution in [-0.4, -0.2) is 11.6 Å². The molecule has 0 N–H and O–H groups in total. The Morgan fingerprint density at radius 1 is 1.14 bits per heavy atom. The second-order valence-corrected chi connectivity index (χ2v) is 6.18. The number of ether oxygens (including phenoxy) is 1. The Labute approximate surface area is 125 Å². The van der Waals surface area contributed by atoms with Gasteiger partial charge in [-0.15, -0.1) is 0 Å². The lowest BCUT2D eigenvalue weighted by Crippen LogP contribution is -2.24. The van der Waals surface area contributed by atoms with Crippen molar-refractivity contribution in [2.75, 3.05) is 0 Å². The first-order valence-electron chi connectivity index (χ1n) is 7.21. The van der Waals surface area contributed by atoms with Crippen LogP contribution in [0, 0.1) is 6.92 Å². The number of carbonyl (C=O) groups excluding carboxylic acids is 1. The van der Waals surface area contributed by atoms with E-state index in [1.807, 2.05) is 39.0 Å². The van der Waals surface area contributed by atoms with E-state index < -0.39 is 5.60 Å². The van der Waals surface area contributed by atoms with Gasteiger partial charge in [-0.1, -0.05) is 30.3 Å². The molecule has 0 spiro atoms. The van der Waals surface area contributed by atoms with E-state index in [1.165, 1.54) is 5.56 Å². The van der Waals surface area contributed by atoms with Crippen LogP contribution in [0.15, 0.2) is 41.0 Å². The Morgan fingerprint density at radius 2 is 1.81 bits per heavy atom. The Morgan fingerprint density at radius 3 is 2.43 bits per heavy atom. The quantitative estimate of drug-likeness (QED) is 0.785. The van der Waals surface area contributed by atoms with Crippen molar-refractivity contribution in [3.63, 3.8) is 0 Å². The van der Waals surface area contributed by atoms with E-state index in [2.05, 4.69) is 12.1 Å². The summed E-state index contributed by atoms with van der Waals surface area (Å²) in [6, 6.07) is 10.2. The van der Waals surface area contributed by atoms with Crippen molar-refractivity contribution in [1.82, 2.24) is 0 Å². The number of aryl methyl sites for hydroxylation is 3. The molecular weight excluding hydrogens is 264 g/mol. The molecule has 0 fully saturated rings. The van der Waals surface area contributed by atoms with Crippen molar-refractivity contribution in [2.45, 2.75) is 46.1 Å². The van der Waals surface area contributed by atoms with Gasteiger partial charge in [-0.25, -0.2) is 4.79 Å². The lowest BCUT2D eigenvalue weighted by atomic mass is 10.0. The first-order valence-corrected chi connectivity index (χ1v) is 7.21. The molecule has 1 heterocycles. The number of hydrogen-bond donors (Lipinski definition) is 0. The Balaban J connectivity index is 2.13. The highest BCUT2D eigenvalue weighted by Crippen LogP contribution is 2.22. The molecule has 0 aliphatic carbocycles. The predicted octanol–water partition coefficient (Wildman–Crippen LogP) is 4.33. The zero-order chi connectivity index (χ0) is 15.5. The molecule has 2 aromatic rings. The molecule has 3 heteroatoms. The Bertz CT molecular complexity index is 603. The molecule has 1 aromatic carbocycles. The molecular formula is C18H22O3. The van der Waals surface area contributed by atoms with Crippen LogP contribution in [0.1, 0.15) is 48.0 Å². The minimum absolute atomic E-state index is 0.309. The summed E-state index contributed by atoms with van der Waals surface area (Å²) >= 11 is 0. The van der Waals surface area contributed by atoms with Crippen molar-refractivity contribution in [2.24, 2.45) is 0 Å². The van der Waals surface area contributed by atoms with Crippen LogP contribution in [-0.2, 0) is 17.6 Å². The first-order chi connectivity index (χ1) is 9.87. The van der Waals surface area contributed by atoms with E-state index in [-0.39, 0.29) is 5.97 Å². The lowest BCUT2D eigenvalue weighted by molar-refractivity contribution is 0.00668. The number of benzene rings is 1. The van der Waals surface area contributed by atoms with E-state index in [9.17, 15) is 4.79 Å². The molecule has 0 unspecified atom stereocenters. The summed E-state index contributed by atoms with van der Waals surface area (Å²) in [5.74, 6) is 0.309. The number of furan rings is 1. The molecule has 0 amide bonds. The predicted molar refractivity (Wildman–Crippen MR) is 82.5 cm³/mol. The van der Waals surface area contributed by atoms with Gasteiger partial charge >= 0.3 is 5.97 Å². The number of hydrogen-bond acceptors (Lipinski definition) is 3. The van der Waals surface area contributed by atoms with Gasteiger partial charge in [-0.05, 0) is 46.1 Å². The summed E-state index contributed by atoms with van der Waals surface area (Å²) in [7, 11) is 0. The maximum atomic E-state index is 12.3. The molecule has 0 aliphatic heterocycles. The zero-order valence-electron chi connectivity index (χ0n) is 13.1. The van der Waals surface area contributed by atoms with Gasteiger partial charge in [0.1, 0.15) is 16.9 Å². The molecule has 1 aromatic heterocycles. The van der Waals surface area contributed by atoms with Crippen molar-refractivity contribution < 1.29 is 13.9 Å². The zero-order valence-corrected chi connectivity index (χ0v) is 13.1. The third-order valence-corrected chi connectivity index (χ3v) is 3.18. The van der Waals surface area contributed by atoms with E-state index >= 15 is 0 Å². The summed E-state index contributed by atoms with van der Waals surface area (Å²) in [6.07, 6.45) is 3.29. The molecule has 0 aliphatic rings. The molecule has 0 atom stereocenters. The normalized spacial score (nSPS) is 11.4. The van der Waals surface area contributed by atoms with Crippen LogP contribution in [0.3, 0.4) is 0 Å². The van der Waals surface area contributed by atoms with E-state index in [4.69, 9.17) is 9.15 Å². The van der Waals surface area contributed by atoms with Crippen molar-refractivity contribution in [3.8, 4) is 0 Å². The third-order valence-electron chi connectivity index (χ3n) is 3.18. The highest BCUT2D eigenvalue weighted by atomic mass is 16.6. The highest BCUT2D eigenvalue weighted by molar-refractivity contribution is 5.92. The van der Waals surface area contributed by atoms with Gasteiger partial charge in [0.25, 0.3) is 0 Å². The number of carbonyl (C=O) groups is 1. The second kappa shape index (κ2) is 6.17. The second-order valence-electron chi connectivity index (χ2n) is 6.18.